The van der Waals surface area contributed by atoms with Crippen LogP contribution in [0.15, 0.2) is 29.2 Å². The summed E-state index contributed by atoms with van der Waals surface area (Å²) >= 11 is 1.55. The maximum absolute atomic E-state index is 13.4. The number of hydrogen-bond donors (Lipinski definition) is 0. The number of carbonyl (C=O) groups excluding carboxylic acids is 1. The number of ether oxygens (including phenoxy) is 2. The molecular weight excluding hydrogens is 374 g/mol. The van der Waals surface area contributed by atoms with E-state index in [2.05, 4.69) is 0 Å². The van der Waals surface area contributed by atoms with Gasteiger partial charge < -0.3 is 9.47 Å². The van der Waals surface area contributed by atoms with Crippen molar-refractivity contribution in [3.63, 3.8) is 0 Å². The maximum atomic E-state index is 13.4. The fourth-order valence-electron chi connectivity index (χ4n) is 3.13. The number of hydrogen-bond acceptors (Lipinski definition) is 6. The Kier molecular flexibility index (Phi) is 6.90. The lowest BCUT2D eigenvalue weighted by atomic mass is 9.99. The Labute approximate surface area is 160 Å². The summed E-state index contributed by atoms with van der Waals surface area (Å²) in [6.45, 7) is 7.34. The molecule has 1 aliphatic heterocycles. The first-order chi connectivity index (χ1) is 12.1. The molecular formula is C18H27NO5S2. The molecule has 2 rings (SSSR count). The molecule has 26 heavy (non-hydrogen) atoms. The number of methoxy groups -OCH3 is 1. The quantitative estimate of drug-likeness (QED) is 0.682. The van der Waals surface area contributed by atoms with Gasteiger partial charge in [0, 0.05) is 24.2 Å². The smallest absolute Gasteiger partial charge is 0.243 e. The lowest BCUT2D eigenvalue weighted by Gasteiger charge is -2.37. The summed E-state index contributed by atoms with van der Waals surface area (Å²) in [5.74, 6) is 0.408. The molecule has 0 N–H and O–H groups in total. The summed E-state index contributed by atoms with van der Waals surface area (Å²) in [6, 6.07) is 5.91. The van der Waals surface area contributed by atoms with E-state index in [1.807, 2.05) is 20.8 Å². The van der Waals surface area contributed by atoms with Gasteiger partial charge >= 0.3 is 0 Å². The largest absolute Gasteiger partial charge is 0.359 e. The van der Waals surface area contributed by atoms with Crippen LogP contribution in [0, 0.1) is 6.92 Å². The zero-order chi connectivity index (χ0) is 19.5. The second kappa shape index (κ2) is 8.39. The molecule has 6 nitrogen and oxygen atoms in total. The molecule has 0 amide bonds. The molecule has 1 aromatic carbocycles. The van der Waals surface area contributed by atoms with Gasteiger partial charge in [-0.1, -0.05) is 17.7 Å². The number of Topliss-reactive ketones (excluding diaryl/α,β-unsaturated/α-hetero) is 1. The minimum atomic E-state index is -3.85. The second-order valence-electron chi connectivity index (χ2n) is 7.01. The number of aryl methyl sites for hydroxylation is 1. The van der Waals surface area contributed by atoms with E-state index in [0.29, 0.717) is 5.75 Å². The van der Waals surface area contributed by atoms with Crippen LogP contribution in [0.1, 0.15) is 26.3 Å². The minimum absolute atomic E-state index is 0.0782. The van der Waals surface area contributed by atoms with Gasteiger partial charge in [-0.15, -0.1) is 0 Å². The number of nitrogens with zero attached hydrogens (tertiary/aromatic N) is 1. The minimum Gasteiger partial charge on any atom is -0.359 e. The van der Waals surface area contributed by atoms with Crippen molar-refractivity contribution in [1.82, 2.24) is 4.31 Å². The van der Waals surface area contributed by atoms with Crippen LogP contribution < -0.4 is 0 Å². The van der Waals surface area contributed by atoms with Gasteiger partial charge in [0.05, 0.1) is 17.0 Å². The van der Waals surface area contributed by atoms with Gasteiger partial charge in [-0.2, -0.15) is 16.1 Å². The number of sulfonamides is 1. The third-order valence-corrected chi connectivity index (χ3v) is 7.76. The van der Waals surface area contributed by atoms with Crippen LogP contribution in [0.3, 0.4) is 0 Å². The van der Waals surface area contributed by atoms with Crippen molar-refractivity contribution in [2.45, 2.75) is 49.5 Å². The molecule has 1 heterocycles. The van der Waals surface area contributed by atoms with Crippen LogP contribution in [-0.4, -0.2) is 61.6 Å². The normalized spacial score (nSPS) is 24.2. The predicted molar refractivity (Wildman–Crippen MR) is 103 cm³/mol. The second-order valence-corrected chi connectivity index (χ2v) is 10.6. The van der Waals surface area contributed by atoms with Crippen molar-refractivity contribution in [1.29, 1.82) is 0 Å². The fraction of sp³-hybridized carbons (Fsp3) is 0.611. The highest BCUT2D eigenvalue weighted by atomic mass is 32.2. The monoisotopic (exact) mass is 401 g/mol. The third kappa shape index (κ3) is 4.67. The Morgan fingerprint density at radius 1 is 1.31 bits per heavy atom. The average Bonchev–Trinajstić information content (AvgIpc) is 2.69. The van der Waals surface area contributed by atoms with Gasteiger partial charge in [0.2, 0.25) is 10.0 Å². The standard InChI is InChI=1S/C18H27NO5S2/c1-13-6-8-16(9-7-13)26(21,22)19-10-15(24-12-23-5)11-25-18(3,4)17(19)14(2)20/h6-9,15,17H,10-12H2,1-5H3/t15-,17+/m1/s1. The van der Waals surface area contributed by atoms with E-state index >= 15 is 0 Å². The fourth-order valence-corrected chi connectivity index (χ4v) is 6.27. The molecule has 0 spiro atoms. The molecule has 0 aliphatic carbocycles. The Morgan fingerprint density at radius 3 is 2.46 bits per heavy atom. The highest BCUT2D eigenvalue weighted by molar-refractivity contribution is 8.00. The van der Waals surface area contributed by atoms with E-state index in [4.69, 9.17) is 9.47 Å². The van der Waals surface area contributed by atoms with E-state index in [-0.39, 0.29) is 30.1 Å². The van der Waals surface area contributed by atoms with Gasteiger partial charge in [-0.05, 0) is 39.8 Å². The first kappa shape index (κ1) is 21.4. The first-order valence-corrected chi connectivity index (χ1v) is 10.9. The molecule has 1 aliphatic rings. The molecule has 1 saturated heterocycles. The van der Waals surface area contributed by atoms with Gasteiger partial charge in [0.15, 0.2) is 0 Å². The van der Waals surface area contributed by atoms with Crippen LogP contribution in [0.4, 0.5) is 0 Å². The topological polar surface area (TPSA) is 72.9 Å². The van der Waals surface area contributed by atoms with Gasteiger partial charge in [0.1, 0.15) is 12.6 Å². The number of carbonyl (C=O) groups is 1. The van der Waals surface area contributed by atoms with Gasteiger partial charge in [-0.25, -0.2) is 8.42 Å². The Bertz CT molecular complexity index is 730. The van der Waals surface area contributed by atoms with E-state index in [0.717, 1.165) is 5.56 Å². The lowest BCUT2D eigenvalue weighted by Crippen LogP contribution is -2.54. The summed E-state index contributed by atoms with van der Waals surface area (Å²) in [5.41, 5.74) is 0.972. The van der Waals surface area contributed by atoms with Crippen LogP contribution >= 0.6 is 11.8 Å². The molecule has 0 radical (unpaired) electrons. The van der Waals surface area contributed by atoms with E-state index in [1.165, 1.54) is 18.3 Å². The van der Waals surface area contributed by atoms with Crippen LogP contribution in [-0.2, 0) is 24.3 Å². The molecule has 0 saturated carbocycles. The predicted octanol–water partition coefficient (Wildman–Crippen LogP) is 2.46. The number of ketones is 1. The number of benzene rings is 1. The third-order valence-electron chi connectivity index (χ3n) is 4.41. The van der Waals surface area contributed by atoms with Gasteiger partial charge in [0.25, 0.3) is 0 Å². The Morgan fingerprint density at radius 2 is 1.92 bits per heavy atom. The highest BCUT2D eigenvalue weighted by Gasteiger charge is 2.47. The zero-order valence-electron chi connectivity index (χ0n) is 15.9. The molecule has 0 unspecified atom stereocenters. The lowest BCUT2D eigenvalue weighted by molar-refractivity contribution is -0.122. The SMILES string of the molecule is COCO[C@H]1CSC(C)(C)[C@H](C(C)=O)N(S(=O)(=O)c2ccc(C)cc2)C1. The maximum Gasteiger partial charge on any atom is 0.243 e. The van der Waals surface area contributed by atoms with Crippen LogP contribution in [0.25, 0.3) is 0 Å². The summed E-state index contributed by atoms with van der Waals surface area (Å²) in [4.78, 5) is 12.6. The van der Waals surface area contributed by atoms with Crippen molar-refractivity contribution in [3.8, 4) is 0 Å². The van der Waals surface area contributed by atoms with Crippen molar-refractivity contribution < 1.29 is 22.7 Å². The molecule has 0 aromatic heterocycles. The van der Waals surface area contributed by atoms with Crippen molar-refractivity contribution in [2.75, 3.05) is 26.2 Å². The molecule has 146 valence electrons. The van der Waals surface area contributed by atoms with Crippen molar-refractivity contribution in [3.05, 3.63) is 29.8 Å². The summed E-state index contributed by atoms with van der Waals surface area (Å²) in [6.07, 6.45) is -0.358. The van der Waals surface area contributed by atoms with Crippen LogP contribution in [0.2, 0.25) is 0 Å². The van der Waals surface area contributed by atoms with Crippen molar-refractivity contribution in [2.24, 2.45) is 0 Å². The van der Waals surface area contributed by atoms with Crippen molar-refractivity contribution >= 4 is 27.6 Å². The highest BCUT2D eigenvalue weighted by Crippen LogP contribution is 2.38. The summed E-state index contributed by atoms with van der Waals surface area (Å²) in [7, 11) is -2.33. The molecule has 1 aromatic rings. The Balaban J connectivity index is 2.49. The molecule has 2 atom stereocenters. The molecule has 8 heteroatoms. The van der Waals surface area contributed by atoms with E-state index in [9.17, 15) is 13.2 Å². The average molecular weight is 402 g/mol. The number of rotatable bonds is 6. The summed E-state index contributed by atoms with van der Waals surface area (Å²) in [5, 5.41) is 0. The molecule has 1 fully saturated rings. The van der Waals surface area contributed by atoms with Gasteiger partial charge in [-0.3, -0.25) is 4.79 Å². The van der Waals surface area contributed by atoms with E-state index < -0.39 is 20.8 Å². The molecule has 0 bridgehead atoms. The number of thioether (sulfide) groups is 1. The zero-order valence-corrected chi connectivity index (χ0v) is 17.5. The summed E-state index contributed by atoms with van der Waals surface area (Å²) < 4.78 is 38.1. The van der Waals surface area contributed by atoms with E-state index in [1.54, 1.807) is 36.0 Å². The van der Waals surface area contributed by atoms with Crippen LogP contribution in [0.5, 0.6) is 0 Å². The first-order valence-electron chi connectivity index (χ1n) is 8.43. The Hall–Kier alpha value is -0.930.